The van der Waals surface area contributed by atoms with Crippen LogP contribution >= 0.6 is 15.9 Å². The molecule has 1 aliphatic heterocycles. The number of nitro benzene ring substituents is 1. The maximum Gasteiger partial charge on any atom is 0.283 e. The highest BCUT2D eigenvalue weighted by Crippen LogP contribution is 2.27. The smallest absolute Gasteiger partial charge is 0.283 e. The van der Waals surface area contributed by atoms with Crippen molar-refractivity contribution >= 4 is 21.6 Å². The summed E-state index contributed by atoms with van der Waals surface area (Å²) in [6.45, 7) is 2.40. The van der Waals surface area contributed by atoms with Crippen LogP contribution in [-0.4, -0.2) is 29.0 Å². The van der Waals surface area contributed by atoms with E-state index in [4.69, 9.17) is 5.73 Å². The molecule has 0 aliphatic carbocycles. The lowest BCUT2D eigenvalue weighted by Crippen LogP contribution is -2.43. The summed E-state index contributed by atoms with van der Waals surface area (Å²) in [5, 5.41) is 10.9. The van der Waals surface area contributed by atoms with Crippen molar-refractivity contribution in [2.24, 2.45) is 5.73 Å². The first-order valence-corrected chi connectivity index (χ1v) is 7.28. The molecule has 2 N–H and O–H groups in total. The third kappa shape index (κ3) is 3.52. The molecule has 0 aromatic heterocycles. The molecular formula is C13H18BrN3O2. The van der Waals surface area contributed by atoms with Gasteiger partial charge in [-0.1, -0.05) is 12.5 Å². The Labute approximate surface area is 121 Å². The van der Waals surface area contributed by atoms with Crippen molar-refractivity contribution in [3.8, 4) is 0 Å². The maximum atomic E-state index is 10.9. The predicted molar refractivity (Wildman–Crippen MR) is 77.9 cm³/mol. The van der Waals surface area contributed by atoms with Crippen molar-refractivity contribution in [3.63, 3.8) is 0 Å². The fraction of sp³-hybridized carbons (Fsp3) is 0.538. The number of likely N-dealkylation sites (tertiary alicyclic amines) is 1. The minimum Gasteiger partial charge on any atom is -0.329 e. The SMILES string of the molecule is NCC1CCCCN1Cc1ccc(Br)c([N+](=O)[O-])c1. The zero-order valence-corrected chi connectivity index (χ0v) is 12.3. The molecule has 1 aromatic carbocycles. The van der Waals surface area contributed by atoms with E-state index in [-0.39, 0.29) is 10.6 Å². The van der Waals surface area contributed by atoms with E-state index >= 15 is 0 Å². The van der Waals surface area contributed by atoms with Crippen LogP contribution < -0.4 is 5.73 Å². The number of rotatable bonds is 4. The Morgan fingerprint density at radius 3 is 2.95 bits per heavy atom. The number of halogens is 1. The molecule has 0 saturated carbocycles. The number of nitro groups is 1. The fourth-order valence-electron chi connectivity index (χ4n) is 2.57. The summed E-state index contributed by atoms with van der Waals surface area (Å²) in [5.74, 6) is 0. The van der Waals surface area contributed by atoms with Gasteiger partial charge in [-0.2, -0.15) is 0 Å². The summed E-state index contributed by atoms with van der Waals surface area (Å²) in [7, 11) is 0. The second-order valence-electron chi connectivity index (χ2n) is 4.90. The first-order valence-electron chi connectivity index (χ1n) is 6.48. The van der Waals surface area contributed by atoms with Gasteiger partial charge < -0.3 is 5.73 Å². The van der Waals surface area contributed by atoms with Gasteiger partial charge in [0.15, 0.2) is 0 Å². The predicted octanol–water partition coefficient (Wildman–Crippen LogP) is 2.67. The number of piperidine rings is 1. The average molecular weight is 328 g/mol. The van der Waals surface area contributed by atoms with Gasteiger partial charge in [0.05, 0.1) is 9.40 Å². The van der Waals surface area contributed by atoms with E-state index in [9.17, 15) is 10.1 Å². The standard InChI is InChI=1S/C13H18BrN3O2/c14-12-5-4-10(7-13(12)17(18)19)9-16-6-2-1-3-11(16)8-15/h4-5,7,11H,1-3,6,8-9,15H2. The Morgan fingerprint density at radius 1 is 1.47 bits per heavy atom. The lowest BCUT2D eigenvalue weighted by atomic mass is 10.0. The van der Waals surface area contributed by atoms with E-state index in [2.05, 4.69) is 20.8 Å². The number of hydrogen-bond acceptors (Lipinski definition) is 4. The molecule has 0 amide bonds. The molecule has 2 rings (SSSR count). The van der Waals surface area contributed by atoms with Crippen LogP contribution in [0.2, 0.25) is 0 Å². The Morgan fingerprint density at radius 2 is 2.26 bits per heavy atom. The van der Waals surface area contributed by atoms with E-state index in [1.807, 2.05) is 6.07 Å². The second-order valence-corrected chi connectivity index (χ2v) is 5.75. The average Bonchev–Trinajstić information content (AvgIpc) is 2.41. The minimum absolute atomic E-state index is 0.124. The Bertz CT molecular complexity index is 467. The summed E-state index contributed by atoms with van der Waals surface area (Å²) < 4.78 is 0.523. The molecule has 1 aliphatic rings. The number of benzene rings is 1. The maximum absolute atomic E-state index is 10.9. The molecule has 19 heavy (non-hydrogen) atoms. The van der Waals surface area contributed by atoms with E-state index < -0.39 is 0 Å². The zero-order chi connectivity index (χ0) is 13.8. The third-order valence-corrected chi connectivity index (χ3v) is 4.28. The first-order chi connectivity index (χ1) is 9.11. The summed E-state index contributed by atoms with van der Waals surface area (Å²) in [5.41, 5.74) is 6.88. The summed E-state index contributed by atoms with van der Waals surface area (Å²) in [6, 6.07) is 5.72. The van der Waals surface area contributed by atoms with Crippen molar-refractivity contribution in [3.05, 3.63) is 38.3 Å². The van der Waals surface area contributed by atoms with Crippen LogP contribution in [0.1, 0.15) is 24.8 Å². The summed E-state index contributed by atoms with van der Waals surface area (Å²) >= 11 is 3.21. The molecule has 6 heteroatoms. The third-order valence-electron chi connectivity index (χ3n) is 3.61. The topological polar surface area (TPSA) is 72.4 Å². The highest BCUT2D eigenvalue weighted by molar-refractivity contribution is 9.10. The minimum atomic E-state index is -0.357. The quantitative estimate of drug-likeness (QED) is 0.681. The normalized spacial score (nSPS) is 20.4. The zero-order valence-electron chi connectivity index (χ0n) is 10.7. The number of hydrogen-bond donors (Lipinski definition) is 1. The van der Waals surface area contributed by atoms with Gasteiger partial charge in [-0.15, -0.1) is 0 Å². The molecule has 1 heterocycles. The molecule has 1 saturated heterocycles. The van der Waals surface area contributed by atoms with Gasteiger partial charge in [0, 0.05) is 25.2 Å². The Hall–Kier alpha value is -0.980. The van der Waals surface area contributed by atoms with Crippen LogP contribution in [0.25, 0.3) is 0 Å². The molecule has 1 atom stereocenters. The van der Waals surface area contributed by atoms with Gasteiger partial charge in [0.1, 0.15) is 0 Å². The van der Waals surface area contributed by atoms with E-state index in [1.54, 1.807) is 12.1 Å². The van der Waals surface area contributed by atoms with Gasteiger partial charge in [-0.25, -0.2) is 0 Å². The van der Waals surface area contributed by atoms with E-state index in [1.165, 1.54) is 12.8 Å². The molecule has 0 radical (unpaired) electrons. The number of nitrogens with zero attached hydrogens (tertiary/aromatic N) is 2. The van der Waals surface area contributed by atoms with Crippen LogP contribution in [0, 0.1) is 10.1 Å². The fourth-order valence-corrected chi connectivity index (χ4v) is 2.96. The van der Waals surface area contributed by atoms with Crippen molar-refractivity contribution < 1.29 is 4.92 Å². The lowest BCUT2D eigenvalue weighted by Gasteiger charge is -2.34. The largest absolute Gasteiger partial charge is 0.329 e. The first kappa shape index (κ1) is 14.4. The van der Waals surface area contributed by atoms with Crippen molar-refractivity contribution in [1.82, 2.24) is 4.90 Å². The van der Waals surface area contributed by atoms with E-state index in [0.29, 0.717) is 17.1 Å². The van der Waals surface area contributed by atoms with Crippen LogP contribution in [0.4, 0.5) is 5.69 Å². The molecule has 1 unspecified atom stereocenters. The molecule has 1 aromatic rings. The van der Waals surface area contributed by atoms with Crippen LogP contribution in [0.15, 0.2) is 22.7 Å². The Balaban J connectivity index is 2.14. The van der Waals surface area contributed by atoms with E-state index in [0.717, 1.165) is 25.1 Å². The monoisotopic (exact) mass is 327 g/mol. The van der Waals surface area contributed by atoms with Gasteiger partial charge in [0.25, 0.3) is 5.69 Å². The van der Waals surface area contributed by atoms with Gasteiger partial charge >= 0.3 is 0 Å². The highest BCUT2D eigenvalue weighted by Gasteiger charge is 2.22. The van der Waals surface area contributed by atoms with Gasteiger partial charge in [-0.3, -0.25) is 15.0 Å². The highest BCUT2D eigenvalue weighted by atomic mass is 79.9. The molecule has 0 spiro atoms. The number of nitrogens with two attached hydrogens (primary N) is 1. The lowest BCUT2D eigenvalue weighted by molar-refractivity contribution is -0.385. The molecular weight excluding hydrogens is 310 g/mol. The Kier molecular flexibility index (Phi) is 4.90. The molecule has 5 nitrogen and oxygen atoms in total. The van der Waals surface area contributed by atoms with Gasteiger partial charge in [0.2, 0.25) is 0 Å². The molecule has 1 fully saturated rings. The van der Waals surface area contributed by atoms with Crippen molar-refractivity contribution in [2.75, 3.05) is 13.1 Å². The van der Waals surface area contributed by atoms with Crippen molar-refractivity contribution in [1.29, 1.82) is 0 Å². The molecule has 0 bridgehead atoms. The van der Waals surface area contributed by atoms with Crippen LogP contribution in [-0.2, 0) is 6.54 Å². The second kappa shape index (κ2) is 6.45. The molecule has 104 valence electrons. The van der Waals surface area contributed by atoms with Crippen LogP contribution in [0.5, 0.6) is 0 Å². The summed E-state index contributed by atoms with van der Waals surface area (Å²) in [4.78, 5) is 12.9. The van der Waals surface area contributed by atoms with Gasteiger partial charge in [-0.05, 0) is 46.9 Å². The summed E-state index contributed by atoms with van der Waals surface area (Å²) in [6.07, 6.45) is 3.52. The van der Waals surface area contributed by atoms with Crippen molar-refractivity contribution in [2.45, 2.75) is 31.8 Å². The van der Waals surface area contributed by atoms with Crippen LogP contribution in [0.3, 0.4) is 0 Å².